The Hall–Kier alpha value is -2.41. The topological polar surface area (TPSA) is 64.9 Å². The molecule has 0 unspecified atom stereocenters. The van der Waals surface area contributed by atoms with Crippen molar-refractivity contribution in [1.29, 1.82) is 0 Å². The fraction of sp³-hybridized carbons (Fsp3) is 0.235. The number of nitrogens with one attached hydrogen (secondary N) is 1. The van der Waals surface area contributed by atoms with Crippen molar-refractivity contribution in [2.24, 2.45) is 0 Å². The Bertz CT molecular complexity index is 831. The standard InChI is InChI=1S/C17H16BrN5O/c1-24-14-8-4-12(5-9-14)16-10-15(11-2-6-13(18)7-3-11)19-17-20-21-22-23(16)17/h2-9,15-16H,10H2,1H3,(H,19,20,22)/t15-,16+/m1/s1. The first-order valence-electron chi connectivity index (χ1n) is 7.68. The first-order chi connectivity index (χ1) is 11.7. The number of aromatic nitrogens is 4. The van der Waals surface area contributed by atoms with Gasteiger partial charge in [-0.25, -0.2) is 4.68 Å². The van der Waals surface area contributed by atoms with Gasteiger partial charge in [-0.15, -0.1) is 0 Å². The van der Waals surface area contributed by atoms with Crippen LogP contribution in [0, 0.1) is 0 Å². The summed E-state index contributed by atoms with van der Waals surface area (Å²) >= 11 is 3.48. The van der Waals surface area contributed by atoms with Gasteiger partial charge in [-0.3, -0.25) is 0 Å². The van der Waals surface area contributed by atoms with Gasteiger partial charge in [0.25, 0.3) is 0 Å². The number of hydrogen-bond donors (Lipinski definition) is 1. The first-order valence-corrected chi connectivity index (χ1v) is 8.48. The molecule has 1 aromatic heterocycles. The zero-order valence-electron chi connectivity index (χ0n) is 13.1. The van der Waals surface area contributed by atoms with Crippen LogP contribution in [-0.4, -0.2) is 27.3 Å². The molecule has 0 spiro atoms. The number of anilines is 1. The van der Waals surface area contributed by atoms with Crippen LogP contribution in [0.3, 0.4) is 0 Å². The number of halogens is 1. The lowest BCUT2D eigenvalue weighted by atomic mass is 9.93. The van der Waals surface area contributed by atoms with E-state index in [1.54, 1.807) is 7.11 Å². The minimum atomic E-state index is 0.0794. The van der Waals surface area contributed by atoms with Crippen LogP contribution in [0.4, 0.5) is 5.95 Å². The molecule has 1 aliphatic rings. The van der Waals surface area contributed by atoms with Crippen LogP contribution in [0.2, 0.25) is 0 Å². The Morgan fingerprint density at radius 3 is 2.50 bits per heavy atom. The van der Waals surface area contributed by atoms with Gasteiger partial charge in [-0.05, 0) is 52.2 Å². The smallest absolute Gasteiger partial charge is 0.243 e. The molecule has 3 aromatic rings. The van der Waals surface area contributed by atoms with Crippen LogP contribution in [0.5, 0.6) is 5.75 Å². The minimum Gasteiger partial charge on any atom is -0.497 e. The number of tetrazole rings is 1. The maximum absolute atomic E-state index is 5.25. The summed E-state index contributed by atoms with van der Waals surface area (Å²) in [4.78, 5) is 0. The van der Waals surface area contributed by atoms with E-state index >= 15 is 0 Å². The van der Waals surface area contributed by atoms with Crippen molar-refractivity contribution < 1.29 is 4.74 Å². The fourth-order valence-corrected chi connectivity index (χ4v) is 3.32. The van der Waals surface area contributed by atoms with E-state index in [9.17, 15) is 0 Å². The van der Waals surface area contributed by atoms with E-state index in [2.05, 4.69) is 73.2 Å². The van der Waals surface area contributed by atoms with E-state index in [0.29, 0.717) is 5.95 Å². The molecule has 1 N–H and O–H groups in total. The summed E-state index contributed by atoms with van der Waals surface area (Å²) in [6, 6.07) is 16.6. The van der Waals surface area contributed by atoms with E-state index in [-0.39, 0.29) is 12.1 Å². The minimum absolute atomic E-state index is 0.0794. The summed E-state index contributed by atoms with van der Waals surface area (Å²) in [6.07, 6.45) is 0.867. The van der Waals surface area contributed by atoms with Gasteiger partial charge in [0, 0.05) is 4.47 Å². The van der Waals surface area contributed by atoms with Crippen LogP contribution < -0.4 is 10.1 Å². The van der Waals surface area contributed by atoms with Crippen molar-refractivity contribution in [2.45, 2.75) is 18.5 Å². The zero-order chi connectivity index (χ0) is 16.5. The number of nitrogens with zero attached hydrogens (tertiary/aromatic N) is 4. The van der Waals surface area contributed by atoms with Crippen molar-refractivity contribution in [3.05, 3.63) is 64.1 Å². The maximum atomic E-state index is 5.25. The summed E-state index contributed by atoms with van der Waals surface area (Å²) in [7, 11) is 1.67. The number of rotatable bonds is 3. The van der Waals surface area contributed by atoms with E-state index in [1.165, 1.54) is 5.56 Å². The zero-order valence-corrected chi connectivity index (χ0v) is 14.6. The predicted molar refractivity (Wildman–Crippen MR) is 94.1 cm³/mol. The van der Waals surface area contributed by atoms with Crippen molar-refractivity contribution >= 4 is 21.9 Å². The predicted octanol–water partition coefficient (Wildman–Crippen LogP) is 3.59. The van der Waals surface area contributed by atoms with E-state index in [0.717, 1.165) is 22.2 Å². The van der Waals surface area contributed by atoms with Gasteiger partial charge in [-0.1, -0.05) is 45.3 Å². The number of hydrogen-bond acceptors (Lipinski definition) is 5. The number of ether oxygens (including phenoxy) is 1. The van der Waals surface area contributed by atoms with Crippen molar-refractivity contribution in [3.8, 4) is 5.75 Å². The summed E-state index contributed by atoms with van der Waals surface area (Å²) < 4.78 is 8.16. The normalized spacial score (nSPS) is 19.4. The van der Waals surface area contributed by atoms with Crippen LogP contribution >= 0.6 is 15.9 Å². The van der Waals surface area contributed by atoms with Gasteiger partial charge in [-0.2, -0.15) is 0 Å². The van der Waals surface area contributed by atoms with Gasteiger partial charge in [0.2, 0.25) is 5.95 Å². The molecule has 0 aliphatic carbocycles. The Kier molecular flexibility index (Phi) is 3.93. The molecule has 2 aromatic carbocycles. The quantitative estimate of drug-likeness (QED) is 0.745. The Labute approximate surface area is 148 Å². The Balaban J connectivity index is 1.69. The SMILES string of the molecule is COc1ccc([C@@H]2C[C@H](c3ccc(Br)cc3)Nc3nnnn32)cc1. The van der Waals surface area contributed by atoms with E-state index < -0.39 is 0 Å². The summed E-state index contributed by atoms with van der Waals surface area (Å²) in [6.45, 7) is 0. The van der Waals surface area contributed by atoms with Gasteiger partial charge in [0.15, 0.2) is 0 Å². The fourth-order valence-electron chi connectivity index (χ4n) is 3.05. The molecule has 2 heterocycles. The second-order valence-corrected chi connectivity index (χ2v) is 6.64. The summed E-state index contributed by atoms with van der Waals surface area (Å²) in [5, 5.41) is 15.5. The van der Waals surface area contributed by atoms with E-state index in [1.807, 2.05) is 16.8 Å². The second-order valence-electron chi connectivity index (χ2n) is 5.72. The van der Waals surface area contributed by atoms with Crippen molar-refractivity contribution in [1.82, 2.24) is 20.2 Å². The van der Waals surface area contributed by atoms with Crippen LogP contribution in [0.25, 0.3) is 0 Å². The first kappa shape index (κ1) is 15.1. The number of methoxy groups -OCH3 is 1. The van der Waals surface area contributed by atoms with Gasteiger partial charge < -0.3 is 10.1 Å². The average molecular weight is 386 g/mol. The Morgan fingerprint density at radius 2 is 1.79 bits per heavy atom. The highest BCUT2D eigenvalue weighted by Gasteiger charge is 2.30. The highest BCUT2D eigenvalue weighted by atomic mass is 79.9. The molecule has 0 radical (unpaired) electrons. The third kappa shape index (κ3) is 2.75. The second kappa shape index (κ2) is 6.24. The summed E-state index contributed by atoms with van der Waals surface area (Å²) in [5.41, 5.74) is 2.37. The van der Waals surface area contributed by atoms with Crippen LogP contribution in [-0.2, 0) is 0 Å². The maximum Gasteiger partial charge on any atom is 0.243 e. The average Bonchev–Trinajstić information content (AvgIpc) is 3.10. The van der Waals surface area contributed by atoms with Crippen LogP contribution in [0.15, 0.2) is 53.0 Å². The molecule has 0 amide bonds. The molecule has 122 valence electrons. The lowest BCUT2D eigenvalue weighted by Crippen LogP contribution is -2.28. The molecule has 4 rings (SSSR count). The molecule has 6 nitrogen and oxygen atoms in total. The molecule has 1 aliphatic heterocycles. The van der Waals surface area contributed by atoms with Gasteiger partial charge in [0.05, 0.1) is 19.2 Å². The monoisotopic (exact) mass is 385 g/mol. The highest BCUT2D eigenvalue weighted by Crippen LogP contribution is 2.37. The van der Waals surface area contributed by atoms with Gasteiger partial charge in [0.1, 0.15) is 5.75 Å². The van der Waals surface area contributed by atoms with Crippen molar-refractivity contribution in [3.63, 3.8) is 0 Å². The largest absolute Gasteiger partial charge is 0.497 e. The molecule has 7 heteroatoms. The molecule has 2 atom stereocenters. The molecule has 0 bridgehead atoms. The molecule has 0 saturated heterocycles. The van der Waals surface area contributed by atoms with E-state index in [4.69, 9.17) is 4.74 Å². The summed E-state index contributed by atoms with van der Waals surface area (Å²) in [5.74, 6) is 1.53. The third-order valence-electron chi connectivity index (χ3n) is 4.32. The lowest BCUT2D eigenvalue weighted by Gasteiger charge is -2.31. The van der Waals surface area contributed by atoms with Gasteiger partial charge >= 0.3 is 0 Å². The highest BCUT2D eigenvalue weighted by molar-refractivity contribution is 9.10. The Morgan fingerprint density at radius 1 is 1.08 bits per heavy atom. The molecular weight excluding hydrogens is 370 g/mol. The third-order valence-corrected chi connectivity index (χ3v) is 4.85. The molecular formula is C17H16BrN5O. The molecule has 24 heavy (non-hydrogen) atoms. The molecule has 0 saturated carbocycles. The number of benzene rings is 2. The number of fused-ring (bicyclic) bond motifs is 1. The van der Waals surface area contributed by atoms with Crippen LogP contribution in [0.1, 0.15) is 29.6 Å². The van der Waals surface area contributed by atoms with Crippen molar-refractivity contribution in [2.75, 3.05) is 12.4 Å². The molecule has 0 fully saturated rings. The lowest BCUT2D eigenvalue weighted by molar-refractivity contribution is 0.410.